The third-order valence-electron chi connectivity index (χ3n) is 8.13. The van der Waals surface area contributed by atoms with Crippen molar-refractivity contribution in [2.75, 3.05) is 31.5 Å². The molecule has 1 saturated heterocycles. The molecular formula is C35H29N7O5. The summed E-state index contributed by atoms with van der Waals surface area (Å²) in [5, 5.41) is 19.3. The molecule has 12 nitrogen and oxygen atoms in total. The number of benzene rings is 3. The number of aromatic nitrogens is 3. The van der Waals surface area contributed by atoms with Crippen molar-refractivity contribution in [1.29, 1.82) is 0 Å². The predicted octanol–water partition coefficient (Wildman–Crippen LogP) is 5.77. The van der Waals surface area contributed by atoms with E-state index in [0.717, 1.165) is 11.3 Å². The Morgan fingerprint density at radius 2 is 1.51 bits per heavy atom. The van der Waals surface area contributed by atoms with Gasteiger partial charge in [-0.2, -0.15) is 5.10 Å². The first kappa shape index (κ1) is 29.4. The van der Waals surface area contributed by atoms with Crippen LogP contribution in [-0.4, -0.2) is 67.3 Å². The van der Waals surface area contributed by atoms with E-state index < -0.39 is 4.92 Å². The Hall–Kier alpha value is -6.30. The fourth-order valence-corrected chi connectivity index (χ4v) is 5.66. The zero-order valence-electron chi connectivity index (χ0n) is 25.2. The molecular weight excluding hydrogens is 598 g/mol. The van der Waals surface area contributed by atoms with Crippen molar-refractivity contribution in [1.82, 2.24) is 24.4 Å². The number of hydrogen-bond donors (Lipinski definition) is 1. The lowest BCUT2D eigenvalue weighted by atomic mass is 10.1. The van der Waals surface area contributed by atoms with Crippen LogP contribution in [0, 0.1) is 10.1 Å². The van der Waals surface area contributed by atoms with Gasteiger partial charge in [0.15, 0.2) is 5.65 Å². The molecule has 6 aromatic rings. The van der Waals surface area contributed by atoms with Crippen LogP contribution >= 0.6 is 0 Å². The fourth-order valence-electron chi connectivity index (χ4n) is 5.66. The molecule has 0 spiro atoms. The summed E-state index contributed by atoms with van der Waals surface area (Å²) >= 11 is 0. The van der Waals surface area contributed by atoms with Gasteiger partial charge in [0.1, 0.15) is 11.5 Å². The molecule has 12 heteroatoms. The van der Waals surface area contributed by atoms with Crippen molar-refractivity contribution in [3.63, 3.8) is 0 Å². The lowest BCUT2D eigenvalue weighted by Gasteiger charge is -2.35. The highest BCUT2D eigenvalue weighted by Gasteiger charge is 2.28. The van der Waals surface area contributed by atoms with E-state index in [2.05, 4.69) is 10.3 Å². The lowest BCUT2D eigenvalue weighted by molar-refractivity contribution is -0.384. The molecule has 1 aliphatic rings. The molecule has 3 aromatic carbocycles. The Kier molecular flexibility index (Phi) is 7.88. The quantitative estimate of drug-likeness (QED) is 0.166. The minimum atomic E-state index is -0.456. The van der Waals surface area contributed by atoms with Crippen molar-refractivity contribution in [2.45, 2.75) is 6.54 Å². The molecule has 7 rings (SSSR count). The average Bonchev–Trinajstić information content (AvgIpc) is 3.81. The predicted molar refractivity (Wildman–Crippen MR) is 175 cm³/mol. The lowest BCUT2D eigenvalue weighted by Crippen LogP contribution is -2.50. The Bertz CT molecular complexity index is 2070. The van der Waals surface area contributed by atoms with Gasteiger partial charge in [-0.1, -0.05) is 42.5 Å². The summed E-state index contributed by atoms with van der Waals surface area (Å²) in [7, 11) is 0. The van der Waals surface area contributed by atoms with E-state index >= 15 is 0 Å². The summed E-state index contributed by atoms with van der Waals surface area (Å²) in [6.45, 7) is 1.84. The van der Waals surface area contributed by atoms with Crippen LogP contribution in [0.3, 0.4) is 0 Å². The molecule has 3 aromatic heterocycles. The summed E-state index contributed by atoms with van der Waals surface area (Å²) in [4.78, 5) is 46.4. The van der Waals surface area contributed by atoms with Crippen LogP contribution in [0.25, 0.3) is 28.2 Å². The molecule has 0 unspecified atom stereocenters. The standard InChI is InChI=1S/C35H29N7O5/c43-34(28-10-4-5-11-29(28)36-23-27-9-6-20-47-27)39-16-18-40(19-17-39)35(44)31-21-32(25-12-14-26(15-13-25)42(45)46)41-33(37-31)22-30(38-41)24-7-2-1-3-8-24/h1-15,20-22,36H,16-19,23H2. The first-order valence-electron chi connectivity index (χ1n) is 15.1. The third-order valence-corrected chi connectivity index (χ3v) is 8.13. The molecule has 4 heterocycles. The minimum Gasteiger partial charge on any atom is -0.467 e. The van der Waals surface area contributed by atoms with E-state index in [1.54, 1.807) is 44.8 Å². The minimum absolute atomic E-state index is 0.0378. The fraction of sp³-hybridized carbons (Fsp3) is 0.143. The summed E-state index contributed by atoms with van der Waals surface area (Å²) in [6.07, 6.45) is 1.61. The van der Waals surface area contributed by atoms with Gasteiger partial charge in [0.2, 0.25) is 0 Å². The van der Waals surface area contributed by atoms with Gasteiger partial charge in [-0.25, -0.2) is 9.50 Å². The number of nitrogens with one attached hydrogen (secondary N) is 1. The number of amides is 2. The molecule has 0 bridgehead atoms. The summed E-state index contributed by atoms with van der Waals surface area (Å²) in [5.74, 6) is 0.369. The number of piperazine rings is 1. The van der Waals surface area contributed by atoms with Crippen LogP contribution in [0.15, 0.2) is 114 Å². The molecule has 47 heavy (non-hydrogen) atoms. The van der Waals surface area contributed by atoms with E-state index in [-0.39, 0.29) is 23.2 Å². The van der Waals surface area contributed by atoms with Crippen molar-refractivity contribution < 1.29 is 18.9 Å². The number of nitro groups is 1. The van der Waals surface area contributed by atoms with Crippen molar-refractivity contribution >= 4 is 28.8 Å². The van der Waals surface area contributed by atoms with Crippen molar-refractivity contribution in [3.05, 3.63) is 137 Å². The maximum absolute atomic E-state index is 13.9. The summed E-state index contributed by atoms with van der Waals surface area (Å²) in [6, 6.07) is 30.3. The molecule has 0 radical (unpaired) electrons. The first-order valence-corrected chi connectivity index (χ1v) is 15.1. The number of carbonyl (C=O) groups excluding carboxylic acids is 2. The largest absolute Gasteiger partial charge is 0.467 e. The van der Waals surface area contributed by atoms with Gasteiger partial charge in [-0.05, 0) is 42.5 Å². The molecule has 0 atom stereocenters. The van der Waals surface area contributed by atoms with Gasteiger partial charge < -0.3 is 19.5 Å². The average molecular weight is 628 g/mol. The van der Waals surface area contributed by atoms with E-state index in [1.807, 2.05) is 66.7 Å². The number of rotatable bonds is 8. The smallest absolute Gasteiger partial charge is 0.272 e. The molecule has 1 N–H and O–H groups in total. The van der Waals surface area contributed by atoms with E-state index in [0.29, 0.717) is 66.6 Å². The second kappa shape index (κ2) is 12.6. The Morgan fingerprint density at radius 3 is 2.21 bits per heavy atom. The number of furan rings is 1. The molecule has 0 aliphatic carbocycles. The van der Waals surface area contributed by atoms with Crippen LogP contribution in [0.1, 0.15) is 26.6 Å². The maximum Gasteiger partial charge on any atom is 0.272 e. The number of fused-ring (bicyclic) bond motifs is 1. The Morgan fingerprint density at radius 1 is 0.809 bits per heavy atom. The number of nitro benzene ring substituents is 1. The molecule has 234 valence electrons. The zero-order chi connectivity index (χ0) is 32.3. The highest BCUT2D eigenvalue weighted by atomic mass is 16.6. The summed E-state index contributed by atoms with van der Waals surface area (Å²) in [5.41, 5.74) is 4.69. The highest BCUT2D eigenvalue weighted by Crippen LogP contribution is 2.28. The van der Waals surface area contributed by atoms with Gasteiger partial charge in [0.05, 0.1) is 34.7 Å². The SMILES string of the molecule is O=C(c1cc(-c2ccc([N+](=O)[O-])cc2)n2nc(-c3ccccc3)cc2n1)N1CCN(C(=O)c2ccccc2NCc2ccco2)CC1. The van der Waals surface area contributed by atoms with Gasteiger partial charge in [0, 0.05) is 61.2 Å². The zero-order valence-corrected chi connectivity index (χ0v) is 25.2. The summed E-state index contributed by atoms with van der Waals surface area (Å²) < 4.78 is 7.05. The molecule has 1 fully saturated rings. The Balaban J connectivity index is 1.12. The normalized spacial score (nSPS) is 13.1. The number of carbonyl (C=O) groups is 2. The molecule has 2 amide bonds. The maximum atomic E-state index is 13.9. The number of para-hydroxylation sites is 1. The topological polar surface area (TPSA) is 139 Å². The van der Waals surface area contributed by atoms with Crippen LogP contribution in [0.4, 0.5) is 11.4 Å². The Labute approximate surface area is 269 Å². The van der Waals surface area contributed by atoms with Crippen LogP contribution in [0.5, 0.6) is 0 Å². The number of non-ortho nitro benzene ring substituents is 1. The monoisotopic (exact) mass is 627 g/mol. The van der Waals surface area contributed by atoms with E-state index in [9.17, 15) is 19.7 Å². The van der Waals surface area contributed by atoms with E-state index in [1.165, 1.54) is 12.1 Å². The molecule has 0 saturated carbocycles. The van der Waals surface area contributed by atoms with Crippen molar-refractivity contribution in [3.8, 4) is 22.5 Å². The number of nitrogens with zero attached hydrogens (tertiary/aromatic N) is 6. The molecule has 1 aliphatic heterocycles. The van der Waals surface area contributed by atoms with Gasteiger partial charge in [-0.3, -0.25) is 19.7 Å². The number of hydrogen-bond acceptors (Lipinski definition) is 8. The number of anilines is 1. The van der Waals surface area contributed by atoms with Gasteiger partial charge >= 0.3 is 0 Å². The second-order valence-corrected chi connectivity index (χ2v) is 11.1. The van der Waals surface area contributed by atoms with Gasteiger partial charge in [-0.15, -0.1) is 0 Å². The second-order valence-electron chi connectivity index (χ2n) is 11.1. The van der Waals surface area contributed by atoms with Crippen molar-refractivity contribution in [2.24, 2.45) is 0 Å². The van der Waals surface area contributed by atoms with Crippen LogP contribution in [0.2, 0.25) is 0 Å². The third kappa shape index (κ3) is 6.03. The first-order chi connectivity index (χ1) is 22.9. The van der Waals surface area contributed by atoms with E-state index in [4.69, 9.17) is 9.52 Å². The highest BCUT2D eigenvalue weighted by molar-refractivity contribution is 6.00. The van der Waals surface area contributed by atoms with Crippen LogP contribution in [-0.2, 0) is 6.54 Å². The van der Waals surface area contributed by atoms with Gasteiger partial charge in [0.25, 0.3) is 17.5 Å². The van der Waals surface area contributed by atoms with Crippen LogP contribution < -0.4 is 5.32 Å².